The minimum absolute atomic E-state index is 0.117. The van der Waals surface area contributed by atoms with Crippen LogP contribution in [-0.4, -0.2) is 35.7 Å². The van der Waals surface area contributed by atoms with Crippen molar-refractivity contribution in [1.29, 1.82) is 0 Å². The van der Waals surface area contributed by atoms with Crippen molar-refractivity contribution in [2.24, 2.45) is 11.8 Å². The Balaban J connectivity index is 1.71. The number of carboxylic acid groups (broad SMARTS) is 1. The third-order valence-corrected chi connectivity index (χ3v) is 8.33. The topological polar surface area (TPSA) is 76.1 Å². The van der Waals surface area contributed by atoms with Gasteiger partial charge in [0.15, 0.2) is 11.9 Å². The number of rotatable bonds is 5. The summed E-state index contributed by atoms with van der Waals surface area (Å²) in [5, 5.41) is 10.4. The molecule has 3 aliphatic rings. The molecular weight excluding hydrogens is 566 g/mol. The van der Waals surface area contributed by atoms with E-state index in [0.717, 1.165) is 18.6 Å². The van der Waals surface area contributed by atoms with Gasteiger partial charge in [0.25, 0.3) is 5.91 Å². The standard InChI is InChI=1S/C33H35F4NO5/c1-17-14-25-22(11-12-38(25)30(39)19-8-6-9-20(15-19)33(35,36)37)27(26(17)29(31(40)41)43-32(3,4)5)23-16-24(34)28-21(18(23)2)10-7-13-42-28/h6,8-9,14-16,18,21,29H,7,10-13H2,1-5H3,(H,40,41)/t18?,21?,29-/m0/s1. The van der Waals surface area contributed by atoms with E-state index in [1.807, 2.05) is 6.92 Å². The van der Waals surface area contributed by atoms with E-state index in [9.17, 15) is 27.9 Å². The molecule has 2 heterocycles. The first-order valence-electron chi connectivity index (χ1n) is 14.4. The Morgan fingerprint density at radius 2 is 1.88 bits per heavy atom. The van der Waals surface area contributed by atoms with Crippen LogP contribution in [0.1, 0.15) is 84.8 Å². The van der Waals surface area contributed by atoms with Gasteiger partial charge in [-0.1, -0.05) is 13.0 Å². The first-order valence-corrected chi connectivity index (χ1v) is 14.4. The molecule has 0 spiro atoms. The smallest absolute Gasteiger partial charge is 0.416 e. The third-order valence-electron chi connectivity index (χ3n) is 8.33. The maximum Gasteiger partial charge on any atom is 0.416 e. The Morgan fingerprint density at radius 3 is 2.53 bits per heavy atom. The van der Waals surface area contributed by atoms with E-state index in [0.29, 0.717) is 58.7 Å². The molecule has 1 saturated heterocycles. The predicted molar refractivity (Wildman–Crippen MR) is 153 cm³/mol. The Morgan fingerprint density at radius 1 is 1.16 bits per heavy atom. The van der Waals surface area contributed by atoms with Gasteiger partial charge in [0.1, 0.15) is 5.76 Å². The highest BCUT2D eigenvalue weighted by Crippen LogP contribution is 2.50. The number of hydrogen-bond donors (Lipinski definition) is 1. The van der Waals surface area contributed by atoms with Gasteiger partial charge < -0.3 is 19.5 Å². The lowest BCUT2D eigenvalue weighted by Gasteiger charge is -2.37. The summed E-state index contributed by atoms with van der Waals surface area (Å²) in [6.45, 7) is 9.49. The van der Waals surface area contributed by atoms with E-state index in [4.69, 9.17) is 9.47 Å². The fourth-order valence-corrected chi connectivity index (χ4v) is 6.45. The molecular formula is C33H35F4NO5. The quantitative estimate of drug-likeness (QED) is 0.354. The molecule has 2 aromatic rings. The SMILES string of the molecule is Cc1cc2c(c(C3=CC(F)=C4OCCCC4C3C)c1[C@H](OC(C)(C)C)C(=O)O)CCN2C(=O)c1cccc(C(F)(F)F)c1. The molecule has 10 heteroatoms. The Hall–Kier alpha value is -3.66. The van der Waals surface area contributed by atoms with Crippen molar-refractivity contribution in [3.63, 3.8) is 0 Å². The molecule has 2 aromatic carbocycles. The van der Waals surface area contributed by atoms with Crippen molar-refractivity contribution < 1.29 is 41.7 Å². The number of fused-ring (bicyclic) bond motifs is 2. The number of anilines is 1. The van der Waals surface area contributed by atoms with Gasteiger partial charge in [-0.05, 0) is 105 Å². The van der Waals surface area contributed by atoms with Crippen molar-refractivity contribution in [2.45, 2.75) is 71.8 Å². The molecule has 230 valence electrons. The average molecular weight is 602 g/mol. The van der Waals surface area contributed by atoms with Crippen molar-refractivity contribution in [3.8, 4) is 0 Å². The molecule has 6 nitrogen and oxygen atoms in total. The molecule has 0 radical (unpaired) electrons. The summed E-state index contributed by atoms with van der Waals surface area (Å²) in [6.07, 6.45) is -2.85. The van der Waals surface area contributed by atoms with Crippen LogP contribution in [0.25, 0.3) is 5.57 Å². The van der Waals surface area contributed by atoms with Crippen LogP contribution in [-0.2, 0) is 26.9 Å². The average Bonchev–Trinajstić information content (AvgIpc) is 3.35. The number of alkyl halides is 3. The van der Waals surface area contributed by atoms with Crippen molar-refractivity contribution in [2.75, 3.05) is 18.1 Å². The fraction of sp³-hybridized carbons (Fsp3) is 0.455. The van der Waals surface area contributed by atoms with Gasteiger partial charge in [-0.3, -0.25) is 4.79 Å². The largest absolute Gasteiger partial charge is 0.495 e. The second-order valence-corrected chi connectivity index (χ2v) is 12.4. The van der Waals surface area contributed by atoms with Crippen LogP contribution in [0.3, 0.4) is 0 Å². The van der Waals surface area contributed by atoms with Crippen LogP contribution in [0.15, 0.2) is 48.0 Å². The van der Waals surface area contributed by atoms with Crippen LogP contribution in [0.5, 0.6) is 0 Å². The summed E-state index contributed by atoms with van der Waals surface area (Å²) in [4.78, 5) is 27.8. The second-order valence-electron chi connectivity index (χ2n) is 12.4. The number of halogens is 4. The minimum atomic E-state index is -4.61. The van der Waals surface area contributed by atoms with Crippen molar-refractivity contribution >= 4 is 23.1 Å². The number of ether oxygens (including phenoxy) is 2. The molecule has 43 heavy (non-hydrogen) atoms. The van der Waals surface area contributed by atoms with Gasteiger partial charge in [0, 0.05) is 29.3 Å². The summed E-state index contributed by atoms with van der Waals surface area (Å²) in [6, 6.07) is 5.96. The molecule has 1 aliphatic carbocycles. The Bertz CT molecular complexity index is 1530. The number of amides is 1. The van der Waals surface area contributed by atoms with E-state index in [-0.39, 0.29) is 23.9 Å². The number of aliphatic carboxylic acids is 1. The summed E-state index contributed by atoms with van der Waals surface area (Å²) in [5.74, 6) is -2.52. The van der Waals surface area contributed by atoms with Gasteiger partial charge in [-0.15, -0.1) is 0 Å². The van der Waals surface area contributed by atoms with Gasteiger partial charge in [0.2, 0.25) is 0 Å². The molecule has 2 unspecified atom stereocenters. The highest BCUT2D eigenvalue weighted by atomic mass is 19.4. The third kappa shape index (κ3) is 5.81. The Kier molecular flexibility index (Phi) is 7.96. The molecule has 0 aromatic heterocycles. The first kappa shape index (κ1) is 30.8. The molecule has 1 fully saturated rings. The van der Waals surface area contributed by atoms with Gasteiger partial charge in [-0.2, -0.15) is 13.2 Å². The number of carbonyl (C=O) groups excluding carboxylic acids is 1. The molecule has 2 aliphatic heterocycles. The Labute approximate surface area is 248 Å². The first-order chi connectivity index (χ1) is 20.1. The lowest BCUT2D eigenvalue weighted by Crippen LogP contribution is -2.31. The van der Waals surface area contributed by atoms with Crippen LogP contribution < -0.4 is 4.90 Å². The van der Waals surface area contributed by atoms with E-state index in [1.54, 1.807) is 33.8 Å². The summed E-state index contributed by atoms with van der Waals surface area (Å²) in [5.41, 5.74) is 1.20. The van der Waals surface area contributed by atoms with Crippen LogP contribution in [0.2, 0.25) is 0 Å². The number of hydrogen-bond acceptors (Lipinski definition) is 4. The van der Waals surface area contributed by atoms with Gasteiger partial charge in [-0.25, -0.2) is 9.18 Å². The number of carboxylic acids is 1. The summed E-state index contributed by atoms with van der Waals surface area (Å²) in [7, 11) is 0. The monoisotopic (exact) mass is 601 g/mol. The zero-order valence-electron chi connectivity index (χ0n) is 24.8. The molecule has 1 N–H and O–H groups in total. The maximum absolute atomic E-state index is 15.6. The van der Waals surface area contributed by atoms with E-state index < -0.39 is 41.1 Å². The predicted octanol–water partition coefficient (Wildman–Crippen LogP) is 7.80. The van der Waals surface area contributed by atoms with Crippen molar-refractivity contribution in [1.82, 2.24) is 0 Å². The minimum Gasteiger partial charge on any atom is -0.495 e. The summed E-state index contributed by atoms with van der Waals surface area (Å²) >= 11 is 0. The van der Waals surface area contributed by atoms with Gasteiger partial charge in [0.05, 0.1) is 17.8 Å². The molecule has 5 rings (SSSR count). The number of aryl methyl sites for hydroxylation is 1. The lowest BCUT2D eigenvalue weighted by molar-refractivity contribution is -0.160. The van der Waals surface area contributed by atoms with E-state index >= 15 is 4.39 Å². The zero-order chi connectivity index (χ0) is 31.4. The fourth-order valence-electron chi connectivity index (χ4n) is 6.45. The maximum atomic E-state index is 15.6. The van der Waals surface area contributed by atoms with Gasteiger partial charge >= 0.3 is 12.1 Å². The number of carbonyl (C=O) groups is 2. The normalized spacial score (nSPS) is 21.1. The van der Waals surface area contributed by atoms with Crippen molar-refractivity contribution in [3.05, 3.63) is 81.4 Å². The van der Waals surface area contributed by atoms with E-state index in [2.05, 4.69) is 0 Å². The molecule has 1 amide bonds. The summed E-state index contributed by atoms with van der Waals surface area (Å²) < 4.78 is 67.6. The molecule has 3 atom stereocenters. The van der Waals surface area contributed by atoms with E-state index in [1.165, 1.54) is 23.1 Å². The second kappa shape index (κ2) is 11.1. The van der Waals surface area contributed by atoms with Crippen LogP contribution in [0, 0.1) is 18.8 Å². The van der Waals surface area contributed by atoms with Crippen LogP contribution >= 0.6 is 0 Å². The number of nitrogens with zero attached hydrogens (tertiary/aromatic N) is 1. The van der Waals surface area contributed by atoms with Crippen LogP contribution in [0.4, 0.5) is 23.2 Å². The molecule has 0 bridgehead atoms. The lowest BCUT2D eigenvalue weighted by atomic mass is 9.73. The highest BCUT2D eigenvalue weighted by molar-refractivity contribution is 6.08. The highest BCUT2D eigenvalue weighted by Gasteiger charge is 2.41. The number of allylic oxidation sites excluding steroid dienone is 4. The zero-order valence-corrected chi connectivity index (χ0v) is 24.8. The number of benzene rings is 2. The molecule has 0 saturated carbocycles.